The molecule has 0 aliphatic carbocycles. The van der Waals surface area contributed by atoms with Crippen LogP contribution >= 0.6 is 0 Å². The number of nitrogens with zero attached hydrogens (tertiary/aromatic N) is 1. The van der Waals surface area contributed by atoms with E-state index in [2.05, 4.69) is 16.9 Å². The maximum Gasteiger partial charge on any atom is 0.344 e. The Bertz CT molecular complexity index is 178. The number of oxime groups is 1. The molecule has 76 valence electrons. The highest BCUT2D eigenvalue weighted by atomic mass is 16.6. The normalized spacial score (nSPS) is 11.4. The van der Waals surface area contributed by atoms with E-state index in [-0.39, 0.29) is 6.61 Å². The van der Waals surface area contributed by atoms with Crippen molar-refractivity contribution >= 4 is 11.7 Å². The van der Waals surface area contributed by atoms with Gasteiger partial charge < -0.3 is 9.94 Å². The second kappa shape index (κ2) is 7.58. The van der Waals surface area contributed by atoms with Gasteiger partial charge in [0.15, 0.2) is 0 Å². The third-order valence-electron chi connectivity index (χ3n) is 1.61. The first kappa shape index (κ1) is 11.9. The highest BCUT2D eigenvalue weighted by Crippen LogP contribution is 2.00. The summed E-state index contributed by atoms with van der Waals surface area (Å²) in [5.41, 5.74) is 0.933. The molecule has 0 bridgehead atoms. The van der Waals surface area contributed by atoms with Crippen molar-refractivity contribution in [3.8, 4) is 0 Å². The Morgan fingerprint density at radius 1 is 1.46 bits per heavy atom. The van der Waals surface area contributed by atoms with Crippen LogP contribution in [-0.4, -0.2) is 23.4 Å². The zero-order valence-corrected chi connectivity index (χ0v) is 8.25. The molecule has 0 amide bonds. The molecular weight excluding hydrogens is 170 g/mol. The van der Waals surface area contributed by atoms with Gasteiger partial charge in [0.1, 0.15) is 0 Å². The molecule has 1 N–H and O–H groups in total. The SMILES string of the molecule is CCCCC(CC)=NOCC(=O)O. The summed E-state index contributed by atoms with van der Waals surface area (Å²) in [6.07, 6.45) is 3.90. The first-order valence-corrected chi connectivity index (χ1v) is 4.60. The van der Waals surface area contributed by atoms with Gasteiger partial charge in [-0.15, -0.1) is 0 Å². The Hall–Kier alpha value is -1.06. The van der Waals surface area contributed by atoms with E-state index in [1.165, 1.54) is 0 Å². The minimum atomic E-state index is -0.991. The molecule has 4 heteroatoms. The van der Waals surface area contributed by atoms with Crippen LogP contribution in [0.3, 0.4) is 0 Å². The standard InChI is InChI=1S/C9H17NO3/c1-3-5-6-8(4-2)10-13-7-9(11)12/h3-7H2,1-2H3,(H,11,12). The van der Waals surface area contributed by atoms with Gasteiger partial charge in [0, 0.05) is 0 Å². The number of carboxylic acids is 1. The van der Waals surface area contributed by atoms with Gasteiger partial charge in [0.2, 0.25) is 6.61 Å². The summed E-state index contributed by atoms with van der Waals surface area (Å²) in [6.45, 7) is 3.74. The van der Waals surface area contributed by atoms with Gasteiger partial charge >= 0.3 is 5.97 Å². The second-order valence-corrected chi connectivity index (χ2v) is 2.78. The lowest BCUT2D eigenvalue weighted by molar-refractivity contribution is -0.142. The fraction of sp³-hybridized carbons (Fsp3) is 0.778. The number of rotatable bonds is 7. The average molecular weight is 187 g/mol. The largest absolute Gasteiger partial charge is 0.479 e. The topological polar surface area (TPSA) is 58.9 Å². The van der Waals surface area contributed by atoms with Crippen LogP contribution < -0.4 is 0 Å². The fourth-order valence-electron chi connectivity index (χ4n) is 0.847. The number of hydrogen-bond acceptors (Lipinski definition) is 3. The van der Waals surface area contributed by atoms with E-state index >= 15 is 0 Å². The molecule has 0 radical (unpaired) electrons. The van der Waals surface area contributed by atoms with Gasteiger partial charge in [-0.05, 0) is 19.3 Å². The molecule has 0 aliphatic rings. The Morgan fingerprint density at radius 3 is 2.62 bits per heavy atom. The minimum absolute atomic E-state index is 0.352. The summed E-state index contributed by atoms with van der Waals surface area (Å²) < 4.78 is 0. The highest BCUT2D eigenvalue weighted by molar-refractivity contribution is 5.83. The summed E-state index contributed by atoms with van der Waals surface area (Å²) in [6, 6.07) is 0. The van der Waals surface area contributed by atoms with Crippen LogP contribution in [0.2, 0.25) is 0 Å². The molecule has 0 aromatic carbocycles. The molecule has 0 unspecified atom stereocenters. The van der Waals surface area contributed by atoms with Crippen LogP contribution in [0.1, 0.15) is 39.5 Å². The van der Waals surface area contributed by atoms with Crippen molar-refractivity contribution in [3.63, 3.8) is 0 Å². The summed E-state index contributed by atoms with van der Waals surface area (Å²) >= 11 is 0. The third-order valence-corrected chi connectivity index (χ3v) is 1.61. The number of carbonyl (C=O) groups is 1. The summed E-state index contributed by atoms with van der Waals surface area (Å²) in [5.74, 6) is -0.991. The molecule has 13 heavy (non-hydrogen) atoms. The number of hydrogen-bond donors (Lipinski definition) is 1. The maximum atomic E-state index is 10.1. The monoisotopic (exact) mass is 187 g/mol. The van der Waals surface area contributed by atoms with Crippen molar-refractivity contribution in [1.82, 2.24) is 0 Å². The van der Waals surface area contributed by atoms with Gasteiger partial charge in [-0.2, -0.15) is 0 Å². The minimum Gasteiger partial charge on any atom is -0.479 e. The molecule has 0 aromatic heterocycles. The zero-order valence-electron chi connectivity index (χ0n) is 8.25. The quantitative estimate of drug-likeness (QED) is 0.490. The summed E-state index contributed by atoms with van der Waals surface area (Å²) in [7, 11) is 0. The van der Waals surface area contributed by atoms with E-state index in [4.69, 9.17) is 5.11 Å². The number of carboxylic acid groups (broad SMARTS) is 1. The van der Waals surface area contributed by atoms with Crippen LogP contribution in [0.5, 0.6) is 0 Å². The molecule has 0 rings (SSSR count). The Labute approximate surface area is 78.6 Å². The molecular formula is C9H17NO3. The second-order valence-electron chi connectivity index (χ2n) is 2.78. The predicted octanol–water partition coefficient (Wildman–Crippen LogP) is 2.04. The zero-order chi connectivity index (χ0) is 10.1. The van der Waals surface area contributed by atoms with Crippen molar-refractivity contribution in [3.05, 3.63) is 0 Å². The molecule has 0 aliphatic heterocycles. The van der Waals surface area contributed by atoms with Gasteiger partial charge in [-0.25, -0.2) is 4.79 Å². The van der Waals surface area contributed by atoms with Crippen molar-refractivity contribution in [1.29, 1.82) is 0 Å². The van der Waals surface area contributed by atoms with Crippen molar-refractivity contribution in [2.24, 2.45) is 5.16 Å². The van der Waals surface area contributed by atoms with Crippen molar-refractivity contribution < 1.29 is 14.7 Å². The molecule has 0 saturated heterocycles. The van der Waals surface area contributed by atoms with Crippen LogP contribution in [-0.2, 0) is 9.63 Å². The van der Waals surface area contributed by atoms with Crippen LogP contribution in [0.4, 0.5) is 0 Å². The molecule has 4 nitrogen and oxygen atoms in total. The fourth-order valence-corrected chi connectivity index (χ4v) is 0.847. The molecule has 0 atom stereocenters. The van der Waals surface area contributed by atoms with E-state index in [9.17, 15) is 4.79 Å². The Morgan fingerprint density at radius 2 is 2.15 bits per heavy atom. The van der Waals surface area contributed by atoms with Gasteiger partial charge in [0.25, 0.3) is 0 Å². The van der Waals surface area contributed by atoms with E-state index in [1.807, 2.05) is 6.92 Å². The number of aliphatic carboxylic acids is 1. The first-order chi connectivity index (χ1) is 6.20. The van der Waals surface area contributed by atoms with E-state index in [0.717, 1.165) is 31.4 Å². The lowest BCUT2D eigenvalue weighted by Gasteiger charge is -2.01. The lowest BCUT2D eigenvalue weighted by Crippen LogP contribution is -2.05. The molecule has 0 fully saturated rings. The van der Waals surface area contributed by atoms with Crippen LogP contribution in [0.15, 0.2) is 5.16 Å². The molecule has 0 saturated carbocycles. The predicted molar refractivity (Wildman–Crippen MR) is 50.8 cm³/mol. The Kier molecular flexibility index (Phi) is 6.96. The number of unbranched alkanes of at least 4 members (excludes halogenated alkanes) is 1. The summed E-state index contributed by atoms with van der Waals surface area (Å²) in [5, 5.41) is 12.0. The first-order valence-electron chi connectivity index (χ1n) is 4.60. The summed E-state index contributed by atoms with van der Waals surface area (Å²) in [4.78, 5) is 14.7. The third kappa shape index (κ3) is 7.31. The van der Waals surface area contributed by atoms with Gasteiger partial charge in [-0.3, -0.25) is 0 Å². The molecule has 0 aromatic rings. The maximum absolute atomic E-state index is 10.1. The van der Waals surface area contributed by atoms with E-state index < -0.39 is 5.97 Å². The Balaban J connectivity index is 3.71. The van der Waals surface area contributed by atoms with Gasteiger partial charge in [0.05, 0.1) is 5.71 Å². The van der Waals surface area contributed by atoms with E-state index in [1.54, 1.807) is 0 Å². The van der Waals surface area contributed by atoms with E-state index in [0.29, 0.717) is 0 Å². The van der Waals surface area contributed by atoms with Gasteiger partial charge in [-0.1, -0.05) is 25.4 Å². The van der Waals surface area contributed by atoms with Crippen molar-refractivity contribution in [2.45, 2.75) is 39.5 Å². The van der Waals surface area contributed by atoms with Crippen molar-refractivity contribution in [2.75, 3.05) is 6.61 Å². The van der Waals surface area contributed by atoms with Crippen LogP contribution in [0.25, 0.3) is 0 Å². The average Bonchev–Trinajstić information content (AvgIpc) is 2.10. The van der Waals surface area contributed by atoms with Crippen LogP contribution in [0, 0.1) is 0 Å². The highest BCUT2D eigenvalue weighted by Gasteiger charge is 1.98. The molecule has 0 spiro atoms. The molecule has 0 heterocycles. The lowest BCUT2D eigenvalue weighted by atomic mass is 10.1. The smallest absolute Gasteiger partial charge is 0.344 e.